The number of hydrogen-bond acceptors (Lipinski definition) is 0. The Morgan fingerprint density at radius 1 is 0.378 bits per heavy atom. The molecule has 1 heterocycles. The van der Waals surface area contributed by atoms with Gasteiger partial charge in [0.05, 0.1) is 0 Å². The van der Waals surface area contributed by atoms with Gasteiger partial charge in [-0.25, -0.2) is 0 Å². The average molecular weight is 616 g/mol. The van der Waals surface area contributed by atoms with E-state index in [1.54, 1.807) is 11.1 Å². The summed E-state index contributed by atoms with van der Waals surface area (Å²) in [5, 5.41) is 2.91. The van der Waals surface area contributed by atoms with Gasteiger partial charge in [0.1, 0.15) is 0 Å². The van der Waals surface area contributed by atoms with Crippen molar-refractivity contribution < 1.29 is 0 Å². The zero-order valence-corrected chi connectivity index (χ0v) is 30.5. The summed E-state index contributed by atoms with van der Waals surface area (Å²) in [7, 11) is 0. The van der Waals surface area contributed by atoms with E-state index in [4.69, 9.17) is 0 Å². The van der Waals surface area contributed by atoms with E-state index in [0.717, 1.165) is 0 Å². The predicted octanol–water partition coefficient (Wildman–Crippen LogP) is 15.7. The first-order chi connectivity index (χ1) is 22.2. The molecule has 1 aromatic heterocycles. The molecule has 254 valence electrons. The minimum atomic E-state index is 0.705. The maximum atomic E-state index is 3.77. The number of H-pyrrole nitrogens is 1. The Kier molecular flexibility index (Phi) is 19.7. The lowest BCUT2D eigenvalue weighted by molar-refractivity contribution is 0.497. The van der Waals surface area contributed by atoms with Crippen LogP contribution in [0.5, 0.6) is 0 Å². The monoisotopic (exact) mass is 616 g/mol. The molecule has 1 nitrogen and oxygen atoms in total. The maximum absolute atomic E-state index is 3.77. The second-order valence-corrected chi connectivity index (χ2v) is 14.6. The third kappa shape index (κ3) is 13.9. The van der Waals surface area contributed by atoms with E-state index in [9.17, 15) is 0 Å². The highest BCUT2D eigenvalue weighted by atomic mass is 14.7. The smallest absolute Gasteiger partial charge is 0.0465 e. The molecule has 0 saturated heterocycles. The molecule has 3 aromatic rings. The zero-order chi connectivity index (χ0) is 32.0. The number of benzene rings is 2. The molecule has 0 spiro atoms. The number of hydrogen-bond donors (Lipinski definition) is 1. The van der Waals surface area contributed by atoms with E-state index in [1.807, 2.05) is 0 Å². The normalized spacial score (nSPS) is 13.2. The molecule has 0 radical (unpaired) electrons. The Bertz CT molecular complexity index is 1050. The summed E-state index contributed by atoms with van der Waals surface area (Å²) in [4.78, 5) is 3.77. The lowest BCUT2D eigenvalue weighted by atomic mass is 9.86. The molecule has 0 fully saturated rings. The van der Waals surface area contributed by atoms with E-state index in [0.29, 0.717) is 11.8 Å². The fraction of sp³-hybridized carbons (Fsp3) is 0.727. The Morgan fingerprint density at radius 2 is 0.689 bits per heavy atom. The summed E-state index contributed by atoms with van der Waals surface area (Å²) >= 11 is 0. The molecule has 1 heteroatoms. The number of nitrogens with one attached hydrogen (secondary N) is 1. The highest BCUT2D eigenvalue weighted by Gasteiger charge is 2.16. The molecule has 45 heavy (non-hydrogen) atoms. The van der Waals surface area contributed by atoms with Crippen molar-refractivity contribution in [2.45, 2.75) is 206 Å². The van der Waals surface area contributed by atoms with Crippen molar-refractivity contribution in [2.75, 3.05) is 0 Å². The van der Waals surface area contributed by atoms with Gasteiger partial charge in [-0.05, 0) is 72.9 Å². The minimum Gasteiger partial charge on any atom is -0.355 e. The van der Waals surface area contributed by atoms with Crippen molar-refractivity contribution in [3.63, 3.8) is 0 Å². The second-order valence-electron chi connectivity index (χ2n) is 14.6. The summed E-state index contributed by atoms with van der Waals surface area (Å²) in [6.07, 6.45) is 36.2. The third-order valence-corrected chi connectivity index (χ3v) is 10.7. The third-order valence-electron chi connectivity index (χ3n) is 10.7. The molecule has 2 aromatic carbocycles. The van der Waals surface area contributed by atoms with Gasteiger partial charge in [-0.2, -0.15) is 0 Å². The predicted molar refractivity (Wildman–Crippen MR) is 204 cm³/mol. The summed E-state index contributed by atoms with van der Waals surface area (Å²) in [5.41, 5.74) is 5.79. The van der Waals surface area contributed by atoms with Gasteiger partial charge in [0.15, 0.2) is 0 Å². The number of unbranched alkanes of at least 4 members (excludes halogenated alkanes) is 18. The molecule has 2 unspecified atom stereocenters. The molecule has 1 N–H and O–H groups in total. The molecule has 0 amide bonds. The van der Waals surface area contributed by atoms with Crippen LogP contribution < -0.4 is 0 Å². The van der Waals surface area contributed by atoms with Gasteiger partial charge in [0.25, 0.3) is 0 Å². The maximum Gasteiger partial charge on any atom is 0.0465 e. The van der Waals surface area contributed by atoms with E-state index in [2.05, 4.69) is 69.1 Å². The average Bonchev–Trinajstić information content (AvgIpc) is 3.43. The van der Waals surface area contributed by atoms with E-state index in [1.165, 1.54) is 189 Å². The van der Waals surface area contributed by atoms with Crippen LogP contribution in [0.2, 0.25) is 0 Å². The number of aromatic amines is 1. The Morgan fingerprint density at radius 3 is 1.04 bits per heavy atom. The zero-order valence-electron chi connectivity index (χ0n) is 30.5. The summed E-state index contributed by atoms with van der Waals surface area (Å²) in [6.45, 7) is 9.33. The molecule has 0 saturated carbocycles. The summed E-state index contributed by atoms with van der Waals surface area (Å²) < 4.78 is 0. The number of aromatic nitrogens is 1. The largest absolute Gasteiger partial charge is 0.355 e. The van der Waals surface area contributed by atoms with Crippen LogP contribution in [0, 0.1) is 0 Å². The summed E-state index contributed by atoms with van der Waals surface area (Å²) in [6, 6.07) is 14.8. The van der Waals surface area contributed by atoms with Crippen molar-refractivity contribution in [1.82, 2.24) is 4.98 Å². The van der Waals surface area contributed by atoms with Crippen LogP contribution in [0.15, 0.2) is 36.4 Å². The summed E-state index contributed by atoms with van der Waals surface area (Å²) in [5.74, 6) is 1.41. The molecule has 0 aliphatic rings. The second kappa shape index (κ2) is 23.5. The van der Waals surface area contributed by atoms with Gasteiger partial charge in [-0.3, -0.25) is 0 Å². The van der Waals surface area contributed by atoms with Crippen molar-refractivity contribution in [1.29, 1.82) is 0 Å². The van der Waals surface area contributed by atoms with Crippen LogP contribution in [-0.2, 0) is 0 Å². The lowest BCUT2D eigenvalue weighted by Gasteiger charge is -2.18. The molecular weight excluding hydrogens is 542 g/mol. The topological polar surface area (TPSA) is 15.8 Å². The molecular formula is C44H73N. The molecule has 2 atom stereocenters. The first-order valence-electron chi connectivity index (χ1n) is 20.3. The van der Waals surface area contributed by atoms with Crippen LogP contribution in [0.1, 0.15) is 218 Å². The van der Waals surface area contributed by atoms with Crippen LogP contribution in [-0.4, -0.2) is 4.98 Å². The van der Waals surface area contributed by atoms with E-state index >= 15 is 0 Å². The first-order valence-corrected chi connectivity index (χ1v) is 20.3. The Balaban J connectivity index is 1.63. The van der Waals surface area contributed by atoms with Gasteiger partial charge in [-0.15, -0.1) is 0 Å². The van der Waals surface area contributed by atoms with Crippen LogP contribution in [0.25, 0.3) is 21.8 Å². The lowest BCUT2D eigenvalue weighted by Crippen LogP contribution is -2.00. The highest BCUT2D eigenvalue weighted by molar-refractivity contribution is 6.07. The standard InChI is InChI=1S/C44H73N/c1-5-9-13-15-17-19-21-23-25-29-37(27-11-7-3)39-31-33-43-41(35-39)42-36-40(32-34-44(42)45-43)38(28-12-8-4)30-26-24-22-20-18-16-14-10-6-2/h31-38,45H,5-30H2,1-4H3. The number of rotatable bonds is 28. The molecule has 0 aliphatic carbocycles. The van der Waals surface area contributed by atoms with E-state index < -0.39 is 0 Å². The number of fused-ring (bicyclic) bond motifs is 3. The van der Waals surface area contributed by atoms with Gasteiger partial charge >= 0.3 is 0 Å². The van der Waals surface area contributed by atoms with Crippen LogP contribution in [0.4, 0.5) is 0 Å². The fourth-order valence-corrected chi connectivity index (χ4v) is 7.70. The fourth-order valence-electron chi connectivity index (χ4n) is 7.70. The van der Waals surface area contributed by atoms with Gasteiger partial charge < -0.3 is 4.98 Å². The SMILES string of the molecule is CCCCCCCCCCCC(CCCC)c1ccc2[nH]c3ccc(C(CCCC)CCCCCCCCCCC)cc3c2c1. The molecule has 0 bridgehead atoms. The van der Waals surface area contributed by atoms with Crippen LogP contribution >= 0.6 is 0 Å². The van der Waals surface area contributed by atoms with Crippen molar-refractivity contribution >= 4 is 21.8 Å². The van der Waals surface area contributed by atoms with Gasteiger partial charge in [0, 0.05) is 21.8 Å². The minimum absolute atomic E-state index is 0.705. The highest BCUT2D eigenvalue weighted by Crippen LogP contribution is 2.36. The van der Waals surface area contributed by atoms with Gasteiger partial charge in [0.2, 0.25) is 0 Å². The Hall–Kier alpha value is -1.76. The molecule has 0 aliphatic heterocycles. The van der Waals surface area contributed by atoms with Crippen molar-refractivity contribution in [3.05, 3.63) is 47.5 Å². The molecule has 3 rings (SSSR count). The van der Waals surface area contributed by atoms with E-state index in [-0.39, 0.29) is 0 Å². The van der Waals surface area contributed by atoms with Gasteiger partial charge in [-0.1, -0.05) is 181 Å². The van der Waals surface area contributed by atoms with Crippen molar-refractivity contribution in [2.24, 2.45) is 0 Å². The van der Waals surface area contributed by atoms with Crippen LogP contribution in [0.3, 0.4) is 0 Å². The first kappa shape index (κ1) is 37.7. The van der Waals surface area contributed by atoms with Crippen molar-refractivity contribution in [3.8, 4) is 0 Å². The quantitative estimate of drug-likeness (QED) is 0.0782. The Labute approximate surface area is 280 Å².